The number of carbonyl (C=O) groups excluding carboxylic acids is 1. The zero-order valence-electron chi connectivity index (χ0n) is 14.3. The van der Waals surface area contributed by atoms with Crippen molar-refractivity contribution in [3.8, 4) is 0 Å². The molecule has 0 fully saturated rings. The summed E-state index contributed by atoms with van der Waals surface area (Å²) in [5, 5.41) is 11.7. The highest BCUT2D eigenvalue weighted by atomic mass is 19.1. The first-order valence-electron chi connectivity index (χ1n) is 8.12. The molecule has 1 heterocycles. The van der Waals surface area contributed by atoms with Crippen LogP contribution in [0.25, 0.3) is 10.9 Å². The Labute approximate surface area is 153 Å². The molecule has 8 heteroatoms. The molecule has 0 saturated carbocycles. The molecule has 27 heavy (non-hydrogen) atoms. The Morgan fingerprint density at radius 3 is 2.74 bits per heavy atom. The van der Waals surface area contributed by atoms with E-state index in [1.165, 1.54) is 48.1 Å². The fraction of sp³-hybridized carbons (Fsp3) is 0.158. The minimum absolute atomic E-state index is 0.175. The first-order valence-corrected chi connectivity index (χ1v) is 8.12. The maximum Gasteiger partial charge on any atom is 0.315 e. The van der Waals surface area contributed by atoms with Gasteiger partial charge in [0.1, 0.15) is 11.7 Å². The number of carbonyl (C=O) groups is 2. The molecule has 138 valence electrons. The molecule has 1 amide bonds. The van der Waals surface area contributed by atoms with Crippen LogP contribution in [0.3, 0.4) is 0 Å². The van der Waals surface area contributed by atoms with Crippen LogP contribution in [0, 0.1) is 11.7 Å². The van der Waals surface area contributed by atoms with Crippen molar-refractivity contribution in [2.75, 3.05) is 5.32 Å². The van der Waals surface area contributed by atoms with E-state index in [0.29, 0.717) is 22.2 Å². The number of fused-ring (bicyclic) bond motifs is 1. The molecule has 0 aliphatic rings. The summed E-state index contributed by atoms with van der Waals surface area (Å²) < 4.78 is 14.7. The van der Waals surface area contributed by atoms with Crippen LogP contribution >= 0.6 is 0 Å². The van der Waals surface area contributed by atoms with E-state index in [9.17, 15) is 18.8 Å². The Morgan fingerprint density at radius 1 is 1.26 bits per heavy atom. The number of hydrogen-bond acceptors (Lipinski definition) is 4. The number of nitrogens with zero attached hydrogens (tertiary/aromatic N) is 2. The van der Waals surface area contributed by atoms with Crippen LogP contribution in [-0.2, 0) is 16.1 Å². The van der Waals surface area contributed by atoms with Crippen LogP contribution in [0.5, 0.6) is 0 Å². The fourth-order valence-electron chi connectivity index (χ4n) is 2.54. The van der Waals surface area contributed by atoms with E-state index in [-0.39, 0.29) is 17.9 Å². The number of rotatable bonds is 5. The fourth-order valence-corrected chi connectivity index (χ4v) is 2.54. The van der Waals surface area contributed by atoms with Gasteiger partial charge >= 0.3 is 5.97 Å². The van der Waals surface area contributed by atoms with Crippen LogP contribution in [0.15, 0.2) is 53.6 Å². The van der Waals surface area contributed by atoms with Gasteiger partial charge in [-0.3, -0.25) is 19.0 Å². The standard InChI is InChI=1S/C19H16FN3O4/c1-11(19(26)27)17(24)22-14-5-6-15-16(8-14)21-10-23(18(15)25)9-12-3-2-4-13(20)7-12/h2-8,10-11H,9H2,1H3,(H,22,24)(H,26,27). The number of hydrogen-bond donors (Lipinski definition) is 2. The second-order valence-electron chi connectivity index (χ2n) is 6.09. The van der Waals surface area contributed by atoms with E-state index in [1.54, 1.807) is 12.1 Å². The average molecular weight is 369 g/mol. The lowest BCUT2D eigenvalue weighted by Gasteiger charge is -2.10. The Hall–Kier alpha value is -3.55. The molecular formula is C19H16FN3O4. The van der Waals surface area contributed by atoms with Gasteiger partial charge in [0.2, 0.25) is 5.91 Å². The Kier molecular flexibility index (Phi) is 4.98. The minimum atomic E-state index is -1.23. The maximum absolute atomic E-state index is 13.3. The molecule has 7 nitrogen and oxygen atoms in total. The molecule has 0 aliphatic heterocycles. The van der Waals surface area contributed by atoms with Gasteiger partial charge in [0.15, 0.2) is 0 Å². The third-order valence-electron chi connectivity index (χ3n) is 4.10. The molecular weight excluding hydrogens is 353 g/mol. The van der Waals surface area contributed by atoms with Crippen molar-refractivity contribution in [2.24, 2.45) is 5.92 Å². The predicted molar refractivity (Wildman–Crippen MR) is 96.9 cm³/mol. The molecule has 0 bridgehead atoms. The number of aliphatic carboxylic acids is 1. The topological polar surface area (TPSA) is 101 Å². The van der Waals surface area contributed by atoms with Crippen molar-refractivity contribution in [2.45, 2.75) is 13.5 Å². The van der Waals surface area contributed by atoms with Gasteiger partial charge < -0.3 is 10.4 Å². The Balaban J connectivity index is 1.88. The molecule has 1 aromatic heterocycles. The zero-order chi connectivity index (χ0) is 19.6. The third-order valence-corrected chi connectivity index (χ3v) is 4.10. The number of aromatic nitrogens is 2. The van der Waals surface area contributed by atoms with Crippen LogP contribution in [0.4, 0.5) is 10.1 Å². The number of carboxylic acid groups (broad SMARTS) is 1. The minimum Gasteiger partial charge on any atom is -0.481 e. The summed E-state index contributed by atoms with van der Waals surface area (Å²) in [4.78, 5) is 39.5. The molecule has 0 aliphatic carbocycles. The van der Waals surface area contributed by atoms with Crippen molar-refractivity contribution in [3.63, 3.8) is 0 Å². The summed E-state index contributed by atoms with van der Waals surface area (Å²) >= 11 is 0. The zero-order valence-corrected chi connectivity index (χ0v) is 14.3. The summed E-state index contributed by atoms with van der Waals surface area (Å²) in [7, 11) is 0. The van der Waals surface area contributed by atoms with E-state index in [0.717, 1.165) is 0 Å². The third kappa shape index (κ3) is 4.00. The van der Waals surface area contributed by atoms with E-state index in [2.05, 4.69) is 10.3 Å². The molecule has 1 atom stereocenters. The van der Waals surface area contributed by atoms with E-state index in [1.807, 2.05) is 0 Å². The van der Waals surface area contributed by atoms with Gasteiger partial charge in [0.25, 0.3) is 5.56 Å². The monoisotopic (exact) mass is 369 g/mol. The second kappa shape index (κ2) is 7.36. The number of nitrogens with one attached hydrogen (secondary N) is 1. The van der Waals surface area contributed by atoms with Crippen molar-refractivity contribution in [1.82, 2.24) is 9.55 Å². The predicted octanol–water partition coefficient (Wildman–Crippen LogP) is 2.24. The smallest absolute Gasteiger partial charge is 0.315 e. The first-order chi connectivity index (χ1) is 12.8. The van der Waals surface area contributed by atoms with Gasteiger partial charge in [-0.15, -0.1) is 0 Å². The molecule has 2 N–H and O–H groups in total. The van der Waals surface area contributed by atoms with Crippen LogP contribution in [-0.4, -0.2) is 26.5 Å². The van der Waals surface area contributed by atoms with E-state index >= 15 is 0 Å². The van der Waals surface area contributed by atoms with Crippen molar-refractivity contribution in [1.29, 1.82) is 0 Å². The van der Waals surface area contributed by atoms with Gasteiger partial charge in [-0.2, -0.15) is 0 Å². The lowest BCUT2D eigenvalue weighted by molar-refractivity contribution is -0.144. The van der Waals surface area contributed by atoms with Crippen LogP contribution < -0.4 is 10.9 Å². The molecule has 1 unspecified atom stereocenters. The number of amides is 1. The van der Waals surface area contributed by atoms with Gasteiger partial charge in [0.05, 0.1) is 23.8 Å². The number of carboxylic acids is 1. The SMILES string of the molecule is CC(C(=O)O)C(=O)Nc1ccc2c(=O)n(Cc3cccc(F)c3)cnc2c1. The highest BCUT2D eigenvalue weighted by molar-refractivity contribution is 6.04. The second-order valence-corrected chi connectivity index (χ2v) is 6.09. The number of halogens is 1. The van der Waals surface area contributed by atoms with Crippen molar-refractivity contribution >= 4 is 28.5 Å². The van der Waals surface area contributed by atoms with Gasteiger partial charge in [0, 0.05) is 5.69 Å². The van der Waals surface area contributed by atoms with Gasteiger partial charge in [-0.05, 0) is 42.8 Å². The van der Waals surface area contributed by atoms with E-state index in [4.69, 9.17) is 5.11 Å². The lowest BCUT2D eigenvalue weighted by Crippen LogP contribution is -2.27. The molecule has 0 radical (unpaired) electrons. The number of anilines is 1. The van der Waals surface area contributed by atoms with E-state index < -0.39 is 17.8 Å². The summed E-state index contributed by atoms with van der Waals surface area (Å²) in [6, 6.07) is 10.5. The molecule has 2 aromatic carbocycles. The largest absolute Gasteiger partial charge is 0.481 e. The van der Waals surface area contributed by atoms with Gasteiger partial charge in [-0.25, -0.2) is 9.37 Å². The summed E-state index contributed by atoms with van der Waals surface area (Å²) in [6.45, 7) is 1.45. The quantitative estimate of drug-likeness (QED) is 0.672. The molecule has 3 rings (SSSR count). The Morgan fingerprint density at radius 2 is 2.04 bits per heavy atom. The molecule has 3 aromatic rings. The normalized spacial score (nSPS) is 11.9. The van der Waals surface area contributed by atoms with Crippen LogP contribution in [0.1, 0.15) is 12.5 Å². The number of benzene rings is 2. The average Bonchev–Trinajstić information content (AvgIpc) is 2.63. The molecule has 0 saturated heterocycles. The summed E-state index contributed by atoms with van der Waals surface area (Å²) in [6.07, 6.45) is 1.35. The van der Waals surface area contributed by atoms with Gasteiger partial charge in [-0.1, -0.05) is 12.1 Å². The lowest BCUT2D eigenvalue weighted by atomic mass is 10.1. The first kappa shape index (κ1) is 18.2. The van der Waals surface area contributed by atoms with Crippen molar-refractivity contribution in [3.05, 3.63) is 70.5 Å². The molecule has 0 spiro atoms. The highest BCUT2D eigenvalue weighted by Gasteiger charge is 2.20. The Bertz CT molecular complexity index is 1090. The van der Waals surface area contributed by atoms with Crippen LogP contribution in [0.2, 0.25) is 0 Å². The summed E-state index contributed by atoms with van der Waals surface area (Å²) in [5.74, 6) is -3.48. The maximum atomic E-state index is 13.3. The van der Waals surface area contributed by atoms with Crippen molar-refractivity contribution < 1.29 is 19.1 Å². The summed E-state index contributed by atoms with van der Waals surface area (Å²) in [5.41, 5.74) is 1.03. The highest BCUT2D eigenvalue weighted by Crippen LogP contribution is 2.16.